The van der Waals surface area contributed by atoms with Gasteiger partial charge in [0.15, 0.2) is 0 Å². The second-order valence-corrected chi connectivity index (χ2v) is 5.32. The Balaban J connectivity index is 3.25. The van der Waals surface area contributed by atoms with Gasteiger partial charge in [0, 0.05) is 0 Å². The van der Waals surface area contributed by atoms with Crippen molar-refractivity contribution in [2.45, 2.75) is 39.5 Å². The lowest BCUT2D eigenvalue weighted by Gasteiger charge is -2.44. The molecule has 1 aromatic carbocycles. The molecular weight excluding hydrogens is 198 g/mol. The van der Waals surface area contributed by atoms with Crippen molar-refractivity contribution >= 4 is 0 Å². The Kier molecular flexibility index (Phi) is 3.64. The first-order chi connectivity index (χ1) is 7.37. The fourth-order valence-corrected chi connectivity index (χ4v) is 2.15. The van der Waals surface area contributed by atoms with Crippen LogP contribution in [-0.4, -0.2) is 11.7 Å². The third-order valence-corrected chi connectivity index (χ3v) is 4.19. The summed E-state index contributed by atoms with van der Waals surface area (Å²) in [7, 11) is 0. The molecule has 0 aliphatic heterocycles. The molecule has 0 aliphatic carbocycles. The van der Waals surface area contributed by atoms with Gasteiger partial charge in [0.1, 0.15) is 5.75 Å². The predicted octanol–water partition coefficient (Wildman–Crippen LogP) is 3.04. The van der Waals surface area contributed by atoms with Gasteiger partial charge in [0.05, 0.1) is 0 Å². The molecule has 0 bridgehead atoms. The lowest BCUT2D eigenvalue weighted by Crippen LogP contribution is -2.44. The van der Waals surface area contributed by atoms with E-state index in [2.05, 4.69) is 33.8 Å². The molecule has 0 saturated carbocycles. The van der Waals surface area contributed by atoms with Crippen LogP contribution in [0.25, 0.3) is 0 Å². The summed E-state index contributed by atoms with van der Waals surface area (Å²) in [6.45, 7) is 9.38. The number of benzene rings is 1. The highest BCUT2D eigenvalue weighted by molar-refractivity contribution is 5.34. The average Bonchev–Trinajstić information content (AvgIpc) is 2.27. The lowest BCUT2D eigenvalue weighted by molar-refractivity contribution is 0.180. The van der Waals surface area contributed by atoms with Crippen LogP contribution in [0.2, 0.25) is 0 Å². The maximum atomic E-state index is 9.58. The molecule has 0 radical (unpaired) electrons. The standard InChI is InChI=1S/C14H23NO/c1-5-14(4,13(2,3)10-15)11-7-6-8-12(16)9-11/h6-9,16H,5,10,15H2,1-4H3. The van der Waals surface area contributed by atoms with Crippen molar-refractivity contribution in [1.82, 2.24) is 0 Å². The minimum Gasteiger partial charge on any atom is -0.508 e. The van der Waals surface area contributed by atoms with Gasteiger partial charge in [-0.25, -0.2) is 0 Å². The van der Waals surface area contributed by atoms with E-state index in [1.165, 1.54) is 0 Å². The zero-order valence-electron chi connectivity index (χ0n) is 10.7. The Morgan fingerprint density at radius 2 is 1.88 bits per heavy atom. The Morgan fingerprint density at radius 1 is 1.25 bits per heavy atom. The Hall–Kier alpha value is -1.02. The van der Waals surface area contributed by atoms with Gasteiger partial charge in [0.25, 0.3) is 0 Å². The van der Waals surface area contributed by atoms with Gasteiger partial charge in [0.2, 0.25) is 0 Å². The van der Waals surface area contributed by atoms with Gasteiger partial charge in [-0.15, -0.1) is 0 Å². The molecule has 0 aliphatic rings. The van der Waals surface area contributed by atoms with Crippen molar-refractivity contribution in [2.75, 3.05) is 6.54 Å². The number of hydrogen-bond donors (Lipinski definition) is 2. The molecule has 0 aromatic heterocycles. The van der Waals surface area contributed by atoms with Crippen molar-refractivity contribution in [3.8, 4) is 5.75 Å². The third kappa shape index (κ3) is 2.07. The Bertz CT molecular complexity index is 360. The maximum absolute atomic E-state index is 9.58. The van der Waals surface area contributed by atoms with Gasteiger partial charge < -0.3 is 10.8 Å². The van der Waals surface area contributed by atoms with Crippen LogP contribution in [0.15, 0.2) is 24.3 Å². The lowest BCUT2D eigenvalue weighted by atomic mass is 9.61. The van der Waals surface area contributed by atoms with Crippen molar-refractivity contribution < 1.29 is 5.11 Å². The second-order valence-electron chi connectivity index (χ2n) is 5.32. The van der Waals surface area contributed by atoms with Crippen LogP contribution in [0.5, 0.6) is 5.75 Å². The normalized spacial score (nSPS) is 15.8. The summed E-state index contributed by atoms with van der Waals surface area (Å²) in [6, 6.07) is 7.52. The van der Waals surface area contributed by atoms with Gasteiger partial charge in [-0.3, -0.25) is 0 Å². The van der Waals surface area contributed by atoms with Gasteiger partial charge in [-0.1, -0.05) is 39.8 Å². The predicted molar refractivity (Wildman–Crippen MR) is 68.6 cm³/mol. The number of aromatic hydroxyl groups is 1. The molecule has 1 atom stereocenters. The number of hydrogen-bond acceptors (Lipinski definition) is 2. The summed E-state index contributed by atoms with van der Waals surface area (Å²) in [5.74, 6) is 0.324. The molecule has 2 nitrogen and oxygen atoms in total. The summed E-state index contributed by atoms with van der Waals surface area (Å²) >= 11 is 0. The highest BCUT2D eigenvalue weighted by Crippen LogP contribution is 2.44. The Morgan fingerprint density at radius 3 is 2.31 bits per heavy atom. The fourth-order valence-electron chi connectivity index (χ4n) is 2.15. The van der Waals surface area contributed by atoms with Gasteiger partial charge in [-0.05, 0) is 41.5 Å². The number of rotatable bonds is 4. The zero-order chi connectivity index (χ0) is 12.4. The van der Waals surface area contributed by atoms with Crippen LogP contribution >= 0.6 is 0 Å². The maximum Gasteiger partial charge on any atom is 0.115 e. The SMILES string of the molecule is CCC(C)(c1cccc(O)c1)C(C)(C)CN. The van der Waals surface area contributed by atoms with E-state index >= 15 is 0 Å². The zero-order valence-corrected chi connectivity index (χ0v) is 10.7. The first kappa shape index (κ1) is 13.0. The van der Waals surface area contributed by atoms with E-state index in [-0.39, 0.29) is 10.8 Å². The molecule has 0 saturated heterocycles. The van der Waals surface area contributed by atoms with E-state index in [0.29, 0.717) is 12.3 Å². The van der Waals surface area contributed by atoms with E-state index < -0.39 is 0 Å². The van der Waals surface area contributed by atoms with E-state index in [1.807, 2.05) is 12.1 Å². The summed E-state index contributed by atoms with van der Waals surface area (Å²) in [6.07, 6.45) is 1.00. The van der Waals surface area contributed by atoms with Gasteiger partial charge in [-0.2, -0.15) is 0 Å². The van der Waals surface area contributed by atoms with Crippen LogP contribution in [0.1, 0.15) is 39.7 Å². The summed E-state index contributed by atoms with van der Waals surface area (Å²) in [5, 5.41) is 9.58. The average molecular weight is 221 g/mol. The molecule has 1 unspecified atom stereocenters. The van der Waals surface area contributed by atoms with Crippen LogP contribution in [-0.2, 0) is 5.41 Å². The molecule has 0 amide bonds. The quantitative estimate of drug-likeness (QED) is 0.821. The largest absolute Gasteiger partial charge is 0.508 e. The first-order valence-electron chi connectivity index (χ1n) is 5.87. The van der Waals surface area contributed by atoms with Crippen molar-refractivity contribution in [3.05, 3.63) is 29.8 Å². The van der Waals surface area contributed by atoms with Crippen LogP contribution in [0.4, 0.5) is 0 Å². The van der Waals surface area contributed by atoms with Crippen LogP contribution in [0.3, 0.4) is 0 Å². The molecular formula is C14H23NO. The van der Waals surface area contributed by atoms with Crippen molar-refractivity contribution in [2.24, 2.45) is 11.1 Å². The molecule has 3 N–H and O–H groups in total. The monoisotopic (exact) mass is 221 g/mol. The van der Waals surface area contributed by atoms with Crippen LogP contribution in [0, 0.1) is 5.41 Å². The number of phenolic OH excluding ortho intramolecular Hbond substituents is 1. The third-order valence-electron chi connectivity index (χ3n) is 4.19. The van der Waals surface area contributed by atoms with Crippen molar-refractivity contribution in [3.63, 3.8) is 0 Å². The molecule has 90 valence electrons. The highest BCUT2D eigenvalue weighted by Gasteiger charge is 2.39. The summed E-state index contributed by atoms with van der Waals surface area (Å²) in [4.78, 5) is 0. The minimum absolute atomic E-state index is 0.00947. The molecule has 1 aromatic rings. The smallest absolute Gasteiger partial charge is 0.115 e. The van der Waals surface area contributed by atoms with E-state index in [9.17, 15) is 5.11 Å². The van der Waals surface area contributed by atoms with E-state index in [0.717, 1.165) is 12.0 Å². The van der Waals surface area contributed by atoms with E-state index in [1.54, 1.807) is 6.07 Å². The molecule has 1 rings (SSSR count). The molecule has 2 heteroatoms. The topological polar surface area (TPSA) is 46.2 Å². The minimum atomic E-state index is -0.0134. The molecule has 0 fully saturated rings. The molecule has 16 heavy (non-hydrogen) atoms. The van der Waals surface area contributed by atoms with Crippen molar-refractivity contribution in [1.29, 1.82) is 0 Å². The number of nitrogens with two attached hydrogens (primary N) is 1. The summed E-state index contributed by atoms with van der Waals surface area (Å²) < 4.78 is 0. The molecule has 0 heterocycles. The fraction of sp³-hybridized carbons (Fsp3) is 0.571. The Labute approximate surface area is 98.5 Å². The second kappa shape index (κ2) is 4.46. The number of phenols is 1. The highest BCUT2D eigenvalue weighted by atomic mass is 16.3. The first-order valence-corrected chi connectivity index (χ1v) is 5.87. The molecule has 0 spiro atoms. The van der Waals surface area contributed by atoms with Crippen LogP contribution < -0.4 is 5.73 Å². The van der Waals surface area contributed by atoms with Gasteiger partial charge >= 0.3 is 0 Å². The summed E-state index contributed by atoms with van der Waals surface area (Å²) in [5.41, 5.74) is 7.03. The van der Waals surface area contributed by atoms with E-state index in [4.69, 9.17) is 5.73 Å².